The molecule has 2 aromatic heterocycles. The molecule has 0 spiro atoms. The second-order valence-corrected chi connectivity index (χ2v) is 3.82. The molecule has 0 fully saturated rings. The van der Waals surface area contributed by atoms with Gasteiger partial charge in [-0.1, -0.05) is 6.07 Å². The lowest BCUT2D eigenvalue weighted by Gasteiger charge is -2.23. The zero-order valence-corrected chi connectivity index (χ0v) is 10.2. The van der Waals surface area contributed by atoms with Gasteiger partial charge < -0.3 is 4.90 Å². The summed E-state index contributed by atoms with van der Waals surface area (Å²) >= 11 is 0. The van der Waals surface area contributed by atoms with E-state index in [2.05, 4.69) is 27.9 Å². The number of rotatable bonds is 4. The number of nitriles is 1. The fourth-order valence-corrected chi connectivity index (χ4v) is 1.79. The van der Waals surface area contributed by atoms with Crippen LogP contribution >= 0.6 is 0 Å². The summed E-state index contributed by atoms with van der Waals surface area (Å²) in [5.41, 5.74) is 2.29. The Morgan fingerprint density at radius 2 is 2.00 bits per heavy atom. The Morgan fingerprint density at radius 1 is 1.17 bits per heavy atom. The molecule has 2 rings (SSSR count). The maximum atomic E-state index is 9.07. The van der Waals surface area contributed by atoms with Gasteiger partial charge in [0.2, 0.25) is 0 Å². The molecule has 4 heteroatoms. The topological polar surface area (TPSA) is 52.8 Å². The summed E-state index contributed by atoms with van der Waals surface area (Å²) in [7, 11) is 0. The quantitative estimate of drug-likeness (QED) is 0.820. The van der Waals surface area contributed by atoms with Crippen molar-refractivity contribution in [2.45, 2.75) is 13.5 Å². The van der Waals surface area contributed by atoms with Crippen LogP contribution in [0.4, 0.5) is 5.69 Å². The average Bonchev–Trinajstić information content (AvgIpc) is 2.46. The van der Waals surface area contributed by atoms with Crippen LogP contribution in [0.25, 0.3) is 0 Å². The van der Waals surface area contributed by atoms with Gasteiger partial charge in [-0.25, -0.2) is 4.98 Å². The molecule has 0 radical (unpaired) electrons. The molecule has 18 heavy (non-hydrogen) atoms. The molecule has 0 aliphatic carbocycles. The van der Waals surface area contributed by atoms with Crippen LogP contribution in [0.2, 0.25) is 0 Å². The molecule has 0 saturated carbocycles. The smallest absolute Gasteiger partial charge is 0.163 e. The second-order valence-electron chi connectivity index (χ2n) is 3.82. The van der Waals surface area contributed by atoms with E-state index in [4.69, 9.17) is 5.26 Å². The molecule has 2 heterocycles. The Balaban J connectivity index is 2.27. The summed E-state index contributed by atoms with van der Waals surface area (Å²) in [4.78, 5) is 10.5. The van der Waals surface area contributed by atoms with Crippen molar-refractivity contribution in [1.29, 1.82) is 5.26 Å². The van der Waals surface area contributed by atoms with Crippen molar-refractivity contribution >= 4 is 5.69 Å². The molecule has 0 atom stereocenters. The van der Waals surface area contributed by atoms with Crippen molar-refractivity contribution in [3.63, 3.8) is 0 Å². The monoisotopic (exact) mass is 238 g/mol. The molecular weight excluding hydrogens is 224 g/mol. The van der Waals surface area contributed by atoms with E-state index in [-0.39, 0.29) is 0 Å². The standard InChI is InChI=1S/C14H14N4/c1-2-18(11-12-6-3-4-8-16-12)14-7-5-9-17-13(14)10-15/h3-9H,2,11H2,1H3. The molecule has 0 saturated heterocycles. The third-order valence-electron chi connectivity index (χ3n) is 2.69. The molecule has 0 N–H and O–H groups in total. The zero-order chi connectivity index (χ0) is 12.8. The molecule has 0 unspecified atom stereocenters. The van der Waals surface area contributed by atoms with Crippen LogP contribution in [0.1, 0.15) is 18.3 Å². The highest BCUT2D eigenvalue weighted by molar-refractivity contribution is 5.55. The van der Waals surface area contributed by atoms with Gasteiger partial charge in [0.15, 0.2) is 5.69 Å². The SMILES string of the molecule is CCN(Cc1ccccn1)c1cccnc1C#N. The summed E-state index contributed by atoms with van der Waals surface area (Å²) in [6.07, 6.45) is 3.41. The van der Waals surface area contributed by atoms with Crippen LogP contribution in [0.15, 0.2) is 42.7 Å². The van der Waals surface area contributed by atoms with E-state index in [1.807, 2.05) is 30.3 Å². The van der Waals surface area contributed by atoms with Gasteiger partial charge in [0, 0.05) is 18.9 Å². The first-order valence-corrected chi connectivity index (χ1v) is 5.85. The maximum absolute atomic E-state index is 9.07. The molecule has 2 aromatic rings. The van der Waals surface area contributed by atoms with Crippen molar-refractivity contribution < 1.29 is 0 Å². The van der Waals surface area contributed by atoms with E-state index in [1.165, 1.54) is 0 Å². The lowest BCUT2D eigenvalue weighted by Crippen LogP contribution is -2.23. The van der Waals surface area contributed by atoms with Gasteiger partial charge in [-0.05, 0) is 31.2 Å². The molecule has 0 aliphatic heterocycles. The number of nitrogens with zero attached hydrogens (tertiary/aromatic N) is 4. The highest BCUT2D eigenvalue weighted by Gasteiger charge is 2.10. The summed E-state index contributed by atoms with van der Waals surface area (Å²) in [5, 5.41) is 9.07. The van der Waals surface area contributed by atoms with Crippen LogP contribution in [0, 0.1) is 11.3 Å². The minimum atomic E-state index is 0.454. The van der Waals surface area contributed by atoms with Crippen molar-refractivity contribution in [3.8, 4) is 6.07 Å². The van der Waals surface area contributed by atoms with Crippen LogP contribution in [0.5, 0.6) is 0 Å². The van der Waals surface area contributed by atoms with Crippen LogP contribution < -0.4 is 4.90 Å². The van der Waals surface area contributed by atoms with Crippen molar-refractivity contribution in [1.82, 2.24) is 9.97 Å². The summed E-state index contributed by atoms with van der Waals surface area (Å²) < 4.78 is 0. The number of pyridine rings is 2. The number of hydrogen-bond donors (Lipinski definition) is 0. The third kappa shape index (κ3) is 2.64. The first-order valence-electron chi connectivity index (χ1n) is 5.85. The Hall–Kier alpha value is -2.41. The highest BCUT2D eigenvalue weighted by atomic mass is 15.1. The van der Waals surface area contributed by atoms with Gasteiger partial charge in [-0.15, -0.1) is 0 Å². The van der Waals surface area contributed by atoms with Crippen molar-refractivity contribution in [2.24, 2.45) is 0 Å². The van der Waals surface area contributed by atoms with Gasteiger partial charge in [0.05, 0.1) is 17.9 Å². The normalized spacial score (nSPS) is 9.78. The van der Waals surface area contributed by atoms with E-state index < -0.39 is 0 Å². The zero-order valence-electron chi connectivity index (χ0n) is 10.2. The lowest BCUT2D eigenvalue weighted by atomic mass is 10.2. The van der Waals surface area contributed by atoms with E-state index in [1.54, 1.807) is 12.4 Å². The first-order chi connectivity index (χ1) is 8.85. The molecule has 0 aromatic carbocycles. The van der Waals surface area contributed by atoms with Gasteiger partial charge in [0.25, 0.3) is 0 Å². The number of anilines is 1. The Kier molecular flexibility index (Phi) is 3.87. The van der Waals surface area contributed by atoms with Crippen molar-refractivity contribution in [3.05, 3.63) is 54.1 Å². The largest absolute Gasteiger partial charge is 0.364 e. The Morgan fingerprint density at radius 3 is 2.67 bits per heavy atom. The molecule has 90 valence electrons. The summed E-state index contributed by atoms with van der Waals surface area (Å²) in [5.74, 6) is 0. The molecule has 0 aliphatic rings. The predicted octanol–water partition coefficient (Wildman–Crippen LogP) is 2.37. The van der Waals surface area contributed by atoms with Crippen LogP contribution in [-0.2, 0) is 6.54 Å². The molecular formula is C14H14N4. The van der Waals surface area contributed by atoms with Crippen LogP contribution in [-0.4, -0.2) is 16.5 Å². The van der Waals surface area contributed by atoms with Gasteiger partial charge >= 0.3 is 0 Å². The van der Waals surface area contributed by atoms with E-state index >= 15 is 0 Å². The number of aromatic nitrogens is 2. The molecule has 4 nitrogen and oxygen atoms in total. The second kappa shape index (κ2) is 5.78. The van der Waals surface area contributed by atoms with Gasteiger partial charge in [0.1, 0.15) is 6.07 Å². The Labute approximate surface area is 107 Å². The van der Waals surface area contributed by atoms with E-state index in [9.17, 15) is 0 Å². The van der Waals surface area contributed by atoms with Crippen LogP contribution in [0.3, 0.4) is 0 Å². The fourth-order valence-electron chi connectivity index (χ4n) is 1.79. The Bertz CT molecular complexity index is 545. The molecule has 0 amide bonds. The number of hydrogen-bond acceptors (Lipinski definition) is 4. The average molecular weight is 238 g/mol. The maximum Gasteiger partial charge on any atom is 0.163 e. The summed E-state index contributed by atoms with van der Waals surface area (Å²) in [6.45, 7) is 3.53. The predicted molar refractivity (Wildman–Crippen MR) is 69.9 cm³/mol. The van der Waals surface area contributed by atoms with E-state index in [0.29, 0.717) is 12.2 Å². The lowest BCUT2D eigenvalue weighted by molar-refractivity contribution is 0.805. The minimum Gasteiger partial charge on any atom is -0.364 e. The highest BCUT2D eigenvalue weighted by Crippen LogP contribution is 2.19. The third-order valence-corrected chi connectivity index (χ3v) is 2.69. The minimum absolute atomic E-state index is 0.454. The van der Waals surface area contributed by atoms with Crippen molar-refractivity contribution in [2.75, 3.05) is 11.4 Å². The fraction of sp³-hybridized carbons (Fsp3) is 0.214. The van der Waals surface area contributed by atoms with Gasteiger partial charge in [-0.2, -0.15) is 5.26 Å². The first kappa shape index (κ1) is 12.1. The summed E-state index contributed by atoms with van der Waals surface area (Å²) in [6, 6.07) is 11.7. The molecule has 0 bridgehead atoms. The van der Waals surface area contributed by atoms with E-state index in [0.717, 1.165) is 17.9 Å². The van der Waals surface area contributed by atoms with Gasteiger partial charge in [-0.3, -0.25) is 4.98 Å².